The van der Waals surface area contributed by atoms with Crippen LogP contribution in [0.1, 0.15) is 37.8 Å². The van der Waals surface area contributed by atoms with Gasteiger partial charge in [0.05, 0.1) is 16.6 Å². The Bertz CT molecular complexity index is 1220. The smallest absolute Gasteiger partial charge is 0.336 e. The SMILES string of the molecule is CC[C@H](C(=O)NC1CC1)n1c(=O)n(-c2cccc(C)c2)c(=O)c2ccc(Cl)cc21. The number of benzene rings is 2. The second kappa shape index (κ2) is 7.52. The van der Waals surface area contributed by atoms with Crippen LogP contribution in [0.25, 0.3) is 16.6 Å². The van der Waals surface area contributed by atoms with Gasteiger partial charge in [-0.15, -0.1) is 0 Å². The van der Waals surface area contributed by atoms with Crippen molar-refractivity contribution < 1.29 is 4.79 Å². The van der Waals surface area contributed by atoms with Gasteiger partial charge in [-0.3, -0.25) is 14.2 Å². The van der Waals surface area contributed by atoms with Gasteiger partial charge in [-0.25, -0.2) is 9.36 Å². The Labute approximate surface area is 172 Å². The highest BCUT2D eigenvalue weighted by Crippen LogP contribution is 2.24. The molecular formula is C22H22ClN3O3. The summed E-state index contributed by atoms with van der Waals surface area (Å²) in [5, 5.41) is 3.71. The van der Waals surface area contributed by atoms with Gasteiger partial charge in [0.1, 0.15) is 6.04 Å². The van der Waals surface area contributed by atoms with Crippen molar-refractivity contribution in [3.05, 3.63) is 73.9 Å². The number of aromatic nitrogens is 2. The first-order chi connectivity index (χ1) is 13.9. The van der Waals surface area contributed by atoms with Crippen LogP contribution in [0.15, 0.2) is 52.1 Å². The highest BCUT2D eigenvalue weighted by Gasteiger charge is 2.30. The van der Waals surface area contributed by atoms with Crippen LogP contribution in [0.5, 0.6) is 0 Å². The fraction of sp³-hybridized carbons (Fsp3) is 0.318. The molecule has 1 N–H and O–H groups in total. The van der Waals surface area contributed by atoms with Crippen LogP contribution < -0.4 is 16.6 Å². The number of fused-ring (bicyclic) bond motifs is 1. The van der Waals surface area contributed by atoms with E-state index in [0.717, 1.165) is 23.0 Å². The summed E-state index contributed by atoms with van der Waals surface area (Å²) < 4.78 is 2.54. The number of amides is 1. The number of carbonyl (C=O) groups excluding carboxylic acids is 1. The van der Waals surface area contributed by atoms with E-state index in [0.29, 0.717) is 28.0 Å². The molecule has 1 saturated carbocycles. The summed E-state index contributed by atoms with van der Waals surface area (Å²) in [5.41, 5.74) is 0.793. The lowest BCUT2D eigenvalue weighted by atomic mass is 10.1. The average molecular weight is 412 g/mol. The minimum atomic E-state index is -0.735. The Morgan fingerprint density at radius 2 is 1.97 bits per heavy atom. The van der Waals surface area contributed by atoms with E-state index in [1.807, 2.05) is 19.9 Å². The summed E-state index contributed by atoms with van der Waals surface area (Å²) in [7, 11) is 0. The molecule has 3 aromatic rings. The van der Waals surface area contributed by atoms with Crippen LogP contribution in [0.2, 0.25) is 5.02 Å². The summed E-state index contributed by atoms with van der Waals surface area (Å²) in [6.07, 6.45) is 2.31. The standard InChI is InChI=1S/C22H22ClN3O3/c1-3-18(20(27)24-15-8-9-15)26-19-12-14(23)7-10-17(19)21(28)25(22(26)29)16-6-4-5-13(2)11-16/h4-7,10-12,15,18H,3,8-9H2,1-2H3,(H,24,27)/t18-/m1/s1. The number of rotatable bonds is 5. The van der Waals surface area contributed by atoms with E-state index < -0.39 is 17.3 Å². The molecule has 0 spiro atoms. The van der Waals surface area contributed by atoms with Crippen molar-refractivity contribution in [1.29, 1.82) is 0 Å². The number of nitrogens with zero attached hydrogens (tertiary/aromatic N) is 2. The second-order valence-corrected chi connectivity index (χ2v) is 7.94. The molecule has 150 valence electrons. The molecule has 1 fully saturated rings. The van der Waals surface area contributed by atoms with Gasteiger partial charge in [0, 0.05) is 11.1 Å². The zero-order valence-corrected chi connectivity index (χ0v) is 17.1. The molecule has 29 heavy (non-hydrogen) atoms. The molecule has 1 amide bonds. The van der Waals surface area contributed by atoms with Crippen LogP contribution in [0.3, 0.4) is 0 Å². The third-order valence-electron chi connectivity index (χ3n) is 5.23. The molecule has 0 bridgehead atoms. The van der Waals surface area contributed by atoms with Gasteiger partial charge in [0.2, 0.25) is 5.91 Å². The maximum atomic E-state index is 13.5. The molecule has 1 atom stereocenters. The largest absolute Gasteiger partial charge is 0.352 e. The van der Waals surface area contributed by atoms with E-state index >= 15 is 0 Å². The maximum absolute atomic E-state index is 13.5. The lowest BCUT2D eigenvalue weighted by molar-refractivity contribution is -0.124. The van der Waals surface area contributed by atoms with E-state index in [-0.39, 0.29) is 11.9 Å². The van der Waals surface area contributed by atoms with Crippen LogP contribution in [0, 0.1) is 6.92 Å². The number of halogens is 1. The molecule has 0 radical (unpaired) electrons. The first-order valence-electron chi connectivity index (χ1n) is 9.75. The first kappa shape index (κ1) is 19.5. The van der Waals surface area contributed by atoms with E-state index in [4.69, 9.17) is 11.6 Å². The lowest BCUT2D eigenvalue weighted by Crippen LogP contribution is -2.44. The molecule has 2 aromatic carbocycles. The summed E-state index contributed by atoms with van der Waals surface area (Å²) in [6.45, 7) is 3.74. The third-order valence-corrected chi connectivity index (χ3v) is 5.47. The number of aryl methyl sites for hydroxylation is 1. The van der Waals surface area contributed by atoms with Crippen molar-refractivity contribution in [3.8, 4) is 5.69 Å². The first-order valence-corrected chi connectivity index (χ1v) is 10.1. The molecule has 1 aromatic heterocycles. The molecule has 0 unspecified atom stereocenters. The minimum Gasteiger partial charge on any atom is -0.352 e. The Kier molecular flexibility index (Phi) is 5.04. The molecule has 0 saturated heterocycles. The van der Waals surface area contributed by atoms with Gasteiger partial charge in [-0.2, -0.15) is 0 Å². The topological polar surface area (TPSA) is 73.1 Å². The molecule has 0 aliphatic heterocycles. The summed E-state index contributed by atoms with van der Waals surface area (Å²) >= 11 is 6.17. The van der Waals surface area contributed by atoms with Gasteiger partial charge in [-0.1, -0.05) is 30.7 Å². The van der Waals surface area contributed by atoms with Crippen molar-refractivity contribution >= 4 is 28.4 Å². The fourth-order valence-electron chi connectivity index (χ4n) is 3.61. The Hall–Kier alpha value is -2.86. The average Bonchev–Trinajstić information content (AvgIpc) is 3.49. The van der Waals surface area contributed by atoms with Crippen LogP contribution >= 0.6 is 11.6 Å². The predicted molar refractivity (Wildman–Crippen MR) is 114 cm³/mol. The quantitative estimate of drug-likeness (QED) is 0.699. The highest BCUT2D eigenvalue weighted by molar-refractivity contribution is 6.31. The van der Waals surface area contributed by atoms with Crippen molar-refractivity contribution in [2.45, 2.75) is 45.2 Å². The van der Waals surface area contributed by atoms with Gasteiger partial charge in [-0.05, 0) is 62.1 Å². The van der Waals surface area contributed by atoms with Crippen molar-refractivity contribution in [1.82, 2.24) is 14.5 Å². The second-order valence-electron chi connectivity index (χ2n) is 7.50. The molecule has 4 rings (SSSR count). The molecule has 1 aliphatic carbocycles. The van der Waals surface area contributed by atoms with Crippen molar-refractivity contribution in [2.24, 2.45) is 0 Å². The molecular weight excluding hydrogens is 390 g/mol. The maximum Gasteiger partial charge on any atom is 0.336 e. The number of hydrogen-bond acceptors (Lipinski definition) is 3. The summed E-state index contributed by atoms with van der Waals surface area (Å²) in [6, 6.07) is 11.4. The number of nitrogens with one attached hydrogen (secondary N) is 1. The summed E-state index contributed by atoms with van der Waals surface area (Å²) in [4.78, 5) is 39.6. The van der Waals surface area contributed by atoms with Crippen LogP contribution in [-0.4, -0.2) is 21.1 Å². The van der Waals surface area contributed by atoms with Gasteiger partial charge < -0.3 is 5.32 Å². The fourth-order valence-corrected chi connectivity index (χ4v) is 3.78. The highest BCUT2D eigenvalue weighted by atomic mass is 35.5. The van der Waals surface area contributed by atoms with Gasteiger partial charge in [0.25, 0.3) is 5.56 Å². The lowest BCUT2D eigenvalue weighted by Gasteiger charge is -2.22. The molecule has 7 heteroatoms. The molecule has 6 nitrogen and oxygen atoms in total. The number of hydrogen-bond donors (Lipinski definition) is 1. The number of carbonyl (C=O) groups is 1. The monoisotopic (exact) mass is 411 g/mol. The Morgan fingerprint density at radius 1 is 1.21 bits per heavy atom. The normalized spacial score (nSPS) is 14.7. The summed E-state index contributed by atoms with van der Waals surface area (Å²) in [5.74, 6) is -0.215. The van der Waals surface area contributed by atoms with Crippen LogP contribution in [0.4, 0.5) is 0 Å². The van der Waals surface area contributed by atoms with Crippen molar-refractivity contribution in [2.75, 3.05) is 0 Å². The Balaban J connectivity index is 2.03. The zero-order valence-electron chi connectivity index (χ0n) is 16.3. The van der Waals surface area contributed by atoms with Gasteiger partial charge >= 0.3 is 5.69 Å². The van der Waals surface area contributed by atoms with E-state index in [1.54, 1.807) is 36.4 Å². The Morgan fingerprint density at radius 3 is 2.62 bits per heavy atom. The van der Waals surface area contributed by atoms with Crippen molar-refractivity contribution in [3.63, 3.8) is 0 Å². The predicted octanol–water partition coefficient (Wildman–Crippen LogP) is 3.34. The third kappa shape index (κ3) is 3.60. The van der Waals surface area contributed by atoms with E-state index in [2.05, 4.69) is 5.32 Å². The molecule has 1 aliphatic rings. The van der Waals surface area contributed by atoms with E-state index in [1.165, 1.54) is 4.57 Å². The zero-order chi connectivity index (χ0) is 20.7. The van der Waals surface area contributed by atoms with E-state index in [9.17, 15) is 14.4 Å². The minimum absolute atomic E-state index is 0.171. The van der Waals surface area contributed by atoms with Gasteiger partial charge in [0.15, 0.2) is 0 Å². The van der Waals surface area contributed by atoms with Crippen LogP contribution in [-0.2, 0) is 4.79 Å². The molecule has 1 heterocycles.